The molecule has 128 valence electrons. The van der Waals surface area contributed by atoms with Crippen LogP contribution in [0.5, 0.6) is 0 Å². The van der Waals surface area contributed by atoms with Gasteiger partial charge in [0, 0.05) is 30.3 Å². The summed E-state index contributed by atoms with van der Waals surface area (Å²) < 4.78 is 0. The van der Waals surface area contributed by atoms with Crippen LogP contribution in [0.25, 0.3) is 0 Å². The smallest absolute Gasteiger partial charge is 0.253 e. The molecule has 1 aromatic carbocycles. The second kappa shape index (κ2) is 7.30. The van der Waals surface area contributed by atoms with Crippen molar-refractivity contribution in [3.8, 4) is 0 Å². The van der Waals surface area contributed by atoms with Crippen molar-refractivity contribution in [1.29, 1.82) is 0 Å². The van der Waals surface area contributed by atoms with Gasteiger partial charge in [0.15, 0.2) is 5.11 Å². The summed E-state index contributed by atoms with van der Waals surface area (Å²) in [5.74, 6) is 0.890. The number of carbonyl (C=O) groups is 2. The van der Waals surface area contributed by atoms with Gasteiger partial charge in [-0.2, -0.15) is 0 Å². The highest BCUT2D eigenvalue weighted by Gasteiger charge is 2.30. The summed E-state index contributed by atoms with van der Waals surface area (Å²) in [4.78, 5) is 26.1. The fourth-order valence-electron chi connectivity index (χ4n) is 2.81. The second-order valence-corrected chi connectivity index (χ2v) is 7.18. The lowest BCUT2D eigenvalue weighted by Gasteiger charge is -2.30. The number of nitrogens with one attached hydrogen (secondary N) is 2. The highest BCUT2D eigenvalue weighted by Crippen LogP contribution is 2.28. The molecule has 3 rings (SSSR count). The van der Waals surface area contributed by atoms with Crippen molar-refractivity contribution in [2.45, 2.75) is 32.6 Å². The van der Waals surface area contributed by atoms with Crippen molar-refractivity contribution in [1.82, 2.24) is 10.2 Å². The average molecular weight is 345 g/mol. The zero-order chi connectivity index (χ0) is 17.1. The highest BCUT2D eigenvalue weighted by molar-refractivity contribution is 7.80. The lowest BCUT2D eigenvalue weighted by atomic mass is 9.98. The van der Waals surface area contributed by atoms with Gasteiger partial charge >= 0.3 is 0 Å². The van der Waals surface area contributed by atoms with Gasteiger partial charge in [-0.15, -0.1) is 0 Å². The molecule has 0 spiro atoms. The van der Waals surface area contributed by atoms with Gasteiger partial charge in [-0.3, -0.25) is 9.59 Å². The van der Waals surface area contributed by atoms with Gasteiger partial charge in [-0.05, 0) is 68.1 Å². The molecule has 0 radical (unpaired) electrons. The molecule has 1 heterocycles. The van der Waals surface area contributed by atoms with Crippen LogP contribution in [0.1, 0.15) is 43.0 Å². The number of piperidine rings is 1. The molecule has 24 heavy (non-hydrogen) atoms. The Morgan fingerprint density at radius 1 is 1.08 bits per heavy atom. The maximum atomic E-state index is 12.5. The summed E-state index contributed by atoms with van der Waals surface area (Å²) in [6.45, 7) is 3.89. The molecule has 0 atom stereocenters. The van der Waals surface area contributed by atoms with E-state index in [0.29, 0.717) is 16.6 Å². The van der Waals surface area contributed by atoms with E-state index in [2.05, 4.69) is 17.6 Å². The SMILES string of the molecule is CC1CCN(C(=O)c2ccc(NC(=S)NC(=O)C3CC3)cc2)CC1. The van der Waals surface area contributed by atoms with Gasteiger partial charge in [0.2, 0.25) is 5.91 Å². The number of amides is 2. The minimum Gasteiger partial charge on any atom is -0.339 e. The van der Waals surface area contributed by atoms with Gasteiger partial charge in [-0.25, -0.2) is 0 Å². The minimum absolute atomic E-state index is 0.0152. The molecule has 2 N–H and O–H groups in total. The number of benzene rings is 1. The van der Waals surface area contributed by atoms with E-state index in [1.165, 1.54) is 0 Å². The van der Waals surface area contributed by atoms with Crippen LogP contribution >= 0.6 is 12.2 Å². The molecule has 1 aromatic rings. The molecule has 1 aliphatic carbocycles. The quantitative estimate of drug-likeness (QED) is 0.827. The number of hydrogen-bond donors (Lipinski definition) is 2. The van der Waals surface area contributed by atoms with Crippen LogP contribution in [0.3, 0.4) is 0 Å². The first-order chi connectivity index (χ1) is 11.5. The second-order valence-electron chi connectivity index (χ2n) is 6.77. The number of nitrogens with zero attached hydrogens (tertiary/aromatic N) is 1. The van der Waals surface area contributed by atoms with Gasteiger partial charge in [-0.1, -0.05) is 6.92 Å². The molecule has 2 amide bonds. The first kappa shape index (κ1) is 16.9. The Morgan fingerprint density at radius 3 is 2.29 bits per heavy atom. The van der Waals surface area contributed by atoms with E-state index in [0.717, 1.165) is 44.5 Å². The standard InChI is InChI=1S/C18H23N3O2S/c1-12-8-10-21(11-9-12)17(23)14-4-6-15(7-5-14)19-18(24)20-16(22)13-2-3-13/h4-7,12-13H,2-3,8-11H2,1H3,(H2,19,20,22,24). The summed E-state index contributed by atoms with van der Waals surface area (Å²) >= 11 is 5.14. The van der Waals surface area contributed by atoms with Crippen LogP contribution in [-0.4, -0.2) is 34.9 Å². The minimum atomic E-state index is -0.0152. The van der Waals surface area contributed by atoms with E-state index in [1.807, 2.05) is 17.0 Å². The number of hydrogen-bond acceptors (Lipinski definition) is 3. The van der Waals surface area contributed by atoms with Crippen molar-refractivity contribution in [3.63, 3.8) is 0 Å². The number of anilines is 1. The predicted octanol–water partition coefficient (Wildman–Crippen LogP) is 2.78. The topological polar surface area (TPSA) is 61.4 Å². The maximum absolute atomic E-state index is 12.5. The van der Waals surface area contributed by atoms with Gasteiger partial charge in [0.1, 0.15) is 0 Å². The first-order valence-corrected chi connectivity index (χ1v) is 8.95. The number of carbonyl (C=O) groups excluding carboxylic acids is 2. The predicted molar refractivity (Wildman–Crippen MR) is 97.8 cm³/mol. The van der Waals surface area contributed by atoms with Crippen LogP contribution < -0.4 is 10.6 Å². The van der Waals surface area contributed by atoms with Crippen molar-refractivity contribution >= 4 is 34.8 Å². The van der Waals surface area contributed by atoms with E-state index in [-0.39, 0.29) is 17.7 Å². The molecular weight excluding hydrogens is 322 g/mol. The number of thiocarbonyl (C=S) groups is 1. The van der Waals surface area contributed by atoms with Gasteiger partial charge < -0.3 is 15.5 Å². The summed E-state index contributed by atoms with van der Waals surface area (Å²) in [6.07, 6.45) is 4.03. The summed E-state index contributed by atoms with van der Waals surface area (Å²) in [6, 6.07) is 7.23. The molecule has 2 aliphatic rings. The molecular formula is C18H23N3O2S. The van der Waals surface area contributed by atoms with Crippen molar-refractivity contribution in [3.05, 3.63) is 29.8 Å². The van der Waals surface area contributed by atoms with E-state index in [4.69, 9.17) is 12.2 Å². The molecule has 5 nitrogen and oxygen atoms in total. The van der Waals surface area contributed by atoms with Crippen LogP contribution in [0.15, 0.2) is 24.3 Å². The fraction of sp³-hybridized carbons (Fsp3) is 0.500. The fourth-order valence-corrected chi connectivity index (χ4v) is 3.03. The molecule has 2 fully saturated rings. The van der Waals surface area contributed by atoms with Crippen LogP contribution in [0, 0.1) is 11.8 Å². The normalized spacial score (nSPS) is 18.1. The third-order valence-electron chi connectivity index (χ3n) is 4.65. The van der Waals surface area contributed by atoms with E-state index in [1.54, 1.807) is 12.1 Å². The Hall–Kier alpha value is -1.95. The van der Waals surface area contributed by atoms with Crippen LogP contribution in [-0.2, 0) is 4.79 Å². The van der Waals surface area contributed by atoms with E-state index < -0.39 is 0 Å². The van der Waals surface area contributed by atoms with E-state index in [9.17, 15) is 9.59 Å². The molecule has 0 aromatic heterocycles. The molecule has 0 unspecified atom stereocenters. The van der Waals surface area contributed by atoms with Crippen molar-refractivity contribution in [2.75, 3.05) is 18.4 Å². The number of rotatable bonds is 3. The maximum Gasteiger partial charge on any atom is 0.253 e. The van der Waals surface area contributed by atoms with Crippen molar-refractivity contribution in [2.24, 2.45) is 11.8 Å². The summed E-state index contributed by atoms with van der Waals surface area (Å²) in [5.41, 5.74) is 1.45. The monoisotopic (exact) mass is 345 g/mol. The largest absolute Gasteiger partial charge is 0.339 e. The number of likely N-dealkylation sites (tertiary alicyclic amines) is 1. The Balaban J connectivity index is 1.53. The third-order valence-corrected chi connectivity index (χ3v) is 4.85. The van der Waals surface area contributed by atoms with Crippen LogP contribution in [0.2, 0.25) is 0 Å². The Kier molecular flexibility index (Phi) is 5.14. The molecule has 1 saturated carbocycles. The third kappa shape index (κ3) is 4.32. The average Bonchev–Trinajstić information content (AvgIpc) is 3.40. The van der Waals surface area contributed by atoms with Crippen molar-refractivity contribution < 1.29 is 9.59 Å². The zero-order valence-electron chi connectivity index (χ0n) is 13.9. The Labute approximate surface area is 147 Å². The lowest BCUT2D eigenvalue weighted by Crippen LogP contribution is -2.37. The Morgan fingerprint density at radius 2 is 1.71 bits per heavy atom. The summed E-state index contributed by atoms with van der Waals surface area (Å²) in [5, 5.41) is 5.97. The van der Waals surface area contributed by atoms with E-state index >= 15 is 0 Å². The molecule has 6 heteroatoms. The molecule has 1 saturated heterocycles. The highest BCUT2D eigenvalue weighted by atomic mass is 32.1. The van der Waals surface area contributed by atoms with Gasteiger partial charge in [0.05, 0.1) is 0 Å². The zero-order valence-corrected chi connectivity index (χ0v) is 14.7. The van der Waals surface area contributed by atoms with Gasteiger partial charge in [0.25, 0.3) is 5.91 Å². The molecule has 0 bridgehead atoms. The summed E-state index contributed by atoms with van der Waals surface area (Å²) in [7, 11) is 0. The Bertz CT molecular complexity index is 632. The first-order valence-electron chi connectivity index (χ1n) is 8.54. The lowest BCUT2D eigenvalue weighted by molar-refractivity contribution is -0.120. The van der Waals surface area contributed by atoms with Crippen LogP contribution in [0.4, 0.5) is 5.69 Å². The molecule has 1 aliphatic heterocycles.